The highest BCUT2D eigenvalue weighted by Crippen LogP contribution is 2.33. The normalized spacial score (nSPS) is 27.0. The molecule has 0 bridgehead atoms. The Morgan fingerprint density at radius 1 is 1.07 bits per heavy atom. The van der Waals surface area contributed by atoms with Gasteiger partial charge in [-0.3, -0.25) is 9.59 Å². The molecular formula is C28H39N9O7S. The molecule has 2 aromatic rings. The van der Waals surface area contributed by atoms with Crippen molar-refractivity contribution in [1.29, 1.82) is 0 Å². The molecule has 5 heterocycles. The maximum atomic E-state index is 12.2. The van der Waals surface area contributed by atoms with Crippen LogP contribution in [0.4, 0.5) is 10.6 Å². The van der Waals surface area contributed by atoms with Crippen LogP contribution in [0.3, 0.4) is 0 Å². The molecule has 0 saturated carbocycles. The molecule has 16 nitrogen and oxygen atoms in total. The number of thioether (sulfide) groups is 1. The van der Waals surface area contributed by atoms with Crippen LogP contribution in [-0.4, -0.2) is 108 Å². The fourth-order valence-electron chi connectivity index (χ4n) is 5.64. The number of nitrogen functional groups attached to an aromatic ring is 1. The minimum Gasteiger partial charge on any atom is -0.385 e. The summed E-state index contributed by atoms with van der Waals surface area (Å²) < 4.78 is 6.41. The van der Waals surface area contributed by atoms with Gasteiger partial charge in [0, 0.05) is 30.4 Å². The molecule has 3 fully saturated rings. The molecule has 3 aliphatic heterocycles. The third-order valence-electron chi connectivity index (χ3n) is 8.04. The van der Waals surface area contributed by atoms with Gasteiger partial charge in [-0.25, -0.2) is 19.4 Å². The second kappa shape index (κ2) is 15.1. The first-order valence-corrected chi connectivity index (χ1v) is 16.2. The van der Waals surface area contributed by atoms with Crippen LogP contribution in [0.25, 0.3) is 11.0 Å². The Morgan fingerprint density at radius 2 is 1.84 bits per heavy atom. The highest BCUT2D eigenvalue weighted by Gasteiger charge is 2.45. The maximum absolute atomic E-state index is 12.2. The van der Waals surface area contributed by atoms with Crippen LogP contribution in [0.15, 0.2) is 6.33 Å². The SMILES string of the molecule is Nc1ncnc2c1c(C#CCNC(=O)CCCCCNC(=O)CCCCC1SCC3NC(=O)NC31)nn2C1OC(O)C(O)C1O. The second-order valence-corrected chi connectivity index (χ2v) is 12.5. The molecule has 0 aliphatic carbocycles. The molecule has 7 unspecified atom stereocenters. The van der Waals surface area contributed by atoms with Crippen LogP contribution in [-0.2, 0) is 14.3 Å². The second-order valence-electron chi connectivity index (χ2n) is 11.3. The lowest BCUT2D eigenvalue weighted by Gasteiger charge is -2.16. The van der Waals surface area contributed by atoms with Gasteiger partial charge in [-0.05, 0) is 31.6 Å². The number of hydrogen-bond donors (Lipinski definition) is 8. The molecule has 45 heavy (non-hydrogen) atoms. The Balaban J connectivity index is 0.949. The first-order chi connectivity index (χ1) is 21.7. The number of urea groups is 1. The van der Waals surface area contributed by atoms with Crippen molar-refractivity contribution < 1.29 is 34.4 Å². The van der Waals surface area contributed by atoms with Gasteiger partial charge in [0.25, 0.3) is 0 Å². The summed E-state index contributed by atoms with van der Waals surface area (Å²) in [5.74, 6) is 6.55. The smallest absolute Gasteiger partial charge is 0.315 e. The highest BCUT2D eigenvalue weighted by atomic mass is 32.2. The van der Waals surface area contributed by atoms with Crippen molar-refractivity contribution >= 4 is 46.5 Å². The number of nitrogens with zero attached hydrogens (tertiary/aromatic N) is 4. The molecule has 4 amide bonds. The van der Waals surface area contributed by atoms with Crippen LogP contribution in [0.5, 0.6) is 0 Å². The van der Waals surface area contributed by atoms with E-state index >= 15 is 0 Å². The van der Waals surface area contributed by atoms with Crippen LogP contribution < -0.4 is 27.0 Å². The van der Waals surface area contributed by atoms with Gasteiger partial charge in [-0.2, -0.15) is 16.9 Å². The van der Waals surface area contributed by atoms with E-state index in [1.54, 1.807) is 0 Å². The predicted octanol–water partition coefficient (Wildman–Crippen LogP) is -1.15. The van der Waals surface area contributed by atoms with E-state index in [1.807, 2.05) is 11.8 Å². The maximum Gasteiger partial charge on any atom is 0.315 e. The summed E-state index contributed by atoms with van der Waals surface area (Å²) in [5.41, 5.74) is 6.39. The zero-order valence-corrected chi connectivity index (χ0v) is 25.5. The van der Waals surface area contributed by atoms with Crippen molar-refractivity contribution in [2.45, 2.75) is 93.4 Å². The molecule has 3 aliphatic rings. The summed E-state index contributed by atoms with van der Waals surface area (Å²) in [6, 6.07) is 0.336. The van der Waals surface area contributed by atoms with Crippen molar-refractivity contribution in [3.8, 4) is 11.8 Å². The standard InChI is InChI=1S/C28H39N9O7S/c29-24-20-15(36-37(25(20)33-14-32-24)26-22(40)23(41)27(42)44-26)7-6-12-31-18(38)9-2-1-5-11-30-19(39)10-4-3-8-17-21-16(13-45-17)34-28(43)35-21/h14,16-17,21-23,26-27,40-42H,1-5,8-13H2,(H,30,39)(H,31,38)(H2,29,32,33)(H2,34,35,43). The number of aromatic nitrogens is 4. The number of amides is 4. The molecule has 0 aromatic carbocycles. The summed E-state index contributed by atoms with van der Waals surface area (Å²) in [4.78, 5) is 43.9. The van der Waals surface area contributed by atoms with Crippen molar-refractivity contribution in [2.75, 3.05) is 24.6 Å². The van der Waals surface area contributed by atoms with Gasteiger partial charge < -0.3 is 47.1 Å². The van der Waals surface area contributed by atoms with Crippen LogP contribution in [0.1, 0.15) is 63.3 Å². The van der Waals surface area contributed by atoms with E-state index in [9.17, 15) is 29.7 Å². The van der Waals surface area contributed by atoms with E-state index in [2.05, 4.69) is 48.2 Å². The Hall–Kier alpha value is -3.69. The summed E-state index contributed by atoms with van der Waals surface area (Å²) in [7, 11) is 0. The molecule has 3 saturated heterocycles. The third kappa shape index (κ3) is 7.94. The van der Waals surface area contributed by atoms with Crippen molar-refractivity contribution in [3.63, 3.8) is 0 Å². The van der Waals surface area contributed by atoms with Crippen LogP contribution in [0, 0.1) is 11.8 Å². The lowest BCUT2D eigenvalue weighted by atomic mass is 10.0. The van der Waals surface area contributed by atoms with Gasteiger partial charge in [0.1, 0.15) is 30.0 Å². The number of aliphatic hydroxyl groups is 3. The molecule has 244 valence electrons. The number of aliphatic hydroxyl groups excluding tert-OH is 3. The monoisotopic (exact) mass is 645 g/mol. The number of nitrogens with one attached hydrogen (secondary N) is 4. The molecule has 9 N–H and O–H groups in total. The molecule has 2 aromatic heterocycles. The van der Waals surface area contributed by atoms with E-state index in [1.165, 1.54) is 11.0 Å². The number of unbranched alkanes of at least 4 members (excludes halogenated alkanes) is 3. The zero-order valence-electron chi connectivity index (χ0n) is 24.6. The predicted molar refractivity (Wildman–Crippen MR) is 163 cm³/mol. The van der Waals surface area contributed by atoms with Gasteiger partial charge in [-0.1, -0.05) is 18.8 Å². The van der Waals surface area contributed by atoms with Crippen LogP contribution in [0.2, 0.25) is 0 Å². The van der Waals surface area contributed by atoms with Crippen molar-refractivity contribution in [3.05, 3.63) is 12.0 Å². The summed E-state index contributed by atoms with van der Waals surface area (Å²) in [6.07, 6.45) is 1.21. The minimum absolute atomic E-state index is 0.0344. The molecule has 0 radical (unpaired) electrons. The van der Waals surface area contributed by atoms with E-state index in [-0.39, 0.29) is 53.6 Å². The molecular weight excluding hydrogens is 606 g/mol. The number of nitrogens with two attached hydrogens (primary N) is 1. The number of hydrogen-bond acceptors (Lipinski definition) is 12. The Bertz CT molecular complexity index is 1450. The van der Waals surface area contributed by atoms with E-state index in [0.717, 1.165) is 37.9 Å². The first kappa shape index (κ1) is 32.7. The Labute approximate surface area is 263 Å². The van der Waals surface area contributed by atoms with E-state index < -0.39 is 24.7 Å². The largest absolute Gasteiger partial charge is 0.385 e. The topological polar surface area (TPSA) is 239 Å². The van der Waals surface area contributed by atoms with Gasteiger partial charge in [0.2, 0.25) is 11.8 Å². The lowest BCUT2D eigenvalue weighted by Crippen LogP contribution is -2.36. The average molecular weight is 646 g/mol. The average Bonchev–Trinajstić information content (AvgIpc) is 3.75. The fourth-order valence-corrected chi connectivity index (χ4v) is 7.18. The summed E-state index contributed by atoms with van der Waals surface area (Å²) in [6.45, 7) is 0.628. The first-order valence-electron chi connectivity index (χ1n) is 15.1. The number of ether oxygens (including phenoxy) is 1. The van der Waals surface area contributed by atoms with E-state index in [4.69, 9.17) is 10.5 Å². The third-order valence-corrected chi connectivity index (χ3v) is 9.55. The van der Waals surface area contributed by atoms with Gasteiger partial charge >= 0.3 is 6.03 Å². The van der Waals surface area contributed by atoms with Gasteiger partial charge in [0.05, 0.1) is 24.0 Å². The zero-order chi connectivity index (χ0) is 31.9. The fraction of sp³-hybridized carbons (Fsp3) is 0.643. The van der Waals surface area contributed by atoms with Gasteiger partial charge in [0.15, 0.2) is 18.2 Å². The van der Waals surface area contributed by atoms with E-state index in [0.29, 0.717) is 36.4 Å². The number of carbonyl (C=O) groups is 3. The van der Waals surface area contributed by atoms with Crippen molar-refractivity contribution in [1.82, 2.24) is 41.0 Å². The molecule has 5 rings (SSSR count). The van der Waals surface area contributed by atoms with Crippen LogP contribution >= 0.6 is 11.8 Å². The Kier molecular flexibility index (Phi) is 10.9. The number of carbonyl (C=O) groups excluding carboxylic acids is 3. The highest BCUT2D eigenvalue weighted by molar-refractivity contribution is 8.00. The summed E-state index contributed by atoms with van der Waals surface area (Å²) in [5, 5.41) is 46.5. The number of fused-ring (bicyclic) bond motifs is 2. The minimum atomic E-state index is -1.60. The van der Waals surface area contributed by atoms with Crippen molar-refractivity contribution in [2.24, 2.45) is 0 Å². The summed E-state index contributed by atoms with van der Waals surface area (Å²) >= 11 is 1.88. The quantitative estimate of drug-likeness (QED) is 0.0732. The Morgan fingerprint density at radius 3 is 2.62 bits per heavy atom. The number of anilines is 1. The molecule has 7 atom stereocenters. The molecule has 0 spiro atoms. The lowest BCUT2D eigenvalue weighted by molar-refractivity contribution is -0.143. The molecule has 17 heteroatoms. The number of rotatable bonds is 13. The van der Waals surface area contributed by atoms with Gasteiger partial charge in [-0.15, -0.1) is 0 Å².